The van der Waals surface area contributed by atoms with Gasteiger partial charge in [0.2, 0.25) is 0 Å². The zero-order chi connectivity index (χ0) is 11.0. The SMILES string of the molecule is Cc1c2cccc(CN)c2nn1C(C)C. The van der Waals surface area contributed by atoms with Gasteiger partial charge < -0.3 is 5.73 Å². The summed E-state index contributed by atoms with van der Waals surface area (Å²) in [6.07, 6.45) is 0. The van der Waals surface area contributed by atoms with Crippen LogP contribution in [0.25, 0.3) is 10.9 Å². The van der Waals surface area contributed by atoms with Crippen molar-refractivity contribution in [1.82, 2.24) is 9.78 Å². The van der Waals surface area contributed by atoms with Gasteiger partial charge in [-0.3, -0.25) is 4.68 Å². The summed E-state index contributed by atoms with van der Waals surface area (Å²) in [5.41, 5.74) is 9.09. The zero-order valence-electron chi connectivity index (χ0n) is 9.49. The minimum atomic E-state index is 0.392. The molecule has 1 aromatic heterocycles. The first-order chi connectivity index (χ1) is 7.15. The highest BCUT2D eigenvalue weighted by molar-refractivity contribution is 5.84. The highest BCUT2D eigenvalue weighted by atomic mass is 15.3. The molecule has 80 valence electrons. The molecule has 2 aromatic rings. The standard InChI is InChI=1S/C12H17N3/c1-8(2)15-9(3)11-6-4-5-10(7-13)12(11)14-15/h4-6,8H,7,13H2,1-3H3. The monoisotopic (exact) mass is 203 g/mol. The lowest BCUT2D eigenvalue weighted by Crippen LogP contribution is -2.04. The molecule has 3 heteroatoms. The van der Waals surface area contributed by atoms with Gasteiger partial charge >= 0.3 is 0 Å². The number of hydrogen-bond acceptors (Lipinski definition) is 2. The molecule has 0 aliphatic rings. The van der Waals surface area contributed by atoms with E-state index in [2.05, 4.69) is 36.6 Å². The van der Waals surface area contributed by atoms with E-state index in [1.54, 1.807) is 0 Å². The number of benzene rings is 1. The van der Waals surface area contributed by atoms with Gasteiger partial charge in [-0.1, -0.05) is 18.2 Å². The van der Waals surface area contributed by atoms with E-state index in [1.807, 2.05) is 12.1 Å². The third-order valence-electron chi connectivity index (χ3n) is 2.77. The lowest BCUT2D eigenvalue weighted by molar-refractivity contribution is 0.524. The van der Waals surface area contributed by atoms with Gasteiger partial charge in [0.25, 0.3) is 0 Å². The molecule has 0 aliphatic heterocycles. The number of nitrogens with two attached hydrogens (primary N) is 1. The Kier molecular flexibility index (Phi) is 2.49. The summed E-state index contributed by atoms with van der Waals surface area (Å²) >= 11 is 0. The molecule has 0 saturated heterocycles. The van der Waals surface area contributed by atoms with E-state index >= 15 is 0 Å². The Morgan fingerprint density at radius 2 is 2.13 bits per heavy atom. The Balaban J connectivity index is 2.75. The summed E-state index contributed by atoms with van der Waals surface area (Å²) in [4.78, 5) is 0. The lowest BCUT2D eigenvalue weighted by Gasteiger charge is -2.06. The van der Waals surface area contributed by atoms with E-state index in [1.165, 1.54) is 11.1 Å². The van der Waals surface area contributed by atoms with Crippen LogP contribution in [0.15, 0.2) is 18.2 Å². The Hall–Kier alpha value is -1.35. The second-order valence-corrected chi connectivity index (χ2v) is 4.14. The minimum absolute atomic E-state index is 0.392. The summed E-state index contributed by atoms with van der Waals surface area (Å²) in [6, 6.07) is 6.59. The molecule has 0 bridgehead atoms. The Morgan fingerprint density at radius 3 is 2.73 bits per heavy atom. The van der Waals surface area contributed by atoms with Crippen LogP contribution in [0.1, 0.15) is 31.1 Å². The molecule has 1 heterocycles. The van der Waals surface area contributed by atoms with Crippen molar-refractivity contribution in [2.75, 3.05) is 0 Å². The van der Waals surface area contributed by atoms with Gasteiger partial charge in [0.15, 0.2) is 0 Å². The molecule has 0 unspecified atom stereocenters. The molecule has 2 rings (SSSR count). The van der Waals surface area contributed by atoms with Crippen molar-refractivity contribution in [3.05, 3.63) is 29.5 Å². The van der Waals surface area contributed by atoms with Gasteiger partial charge in [0, 0.05) is 23.7 Å². The fourth-order valence-electron chi connectivity index (χ4n) is 1.98. The molecule has 3 nitrogen and oxygen atoms in total. The number of aryl methyl sites for hydroxylation is 1. The summed E-state index contributed by atoms with van der Waals surface area (Å²) in [5, 5.41) is 5.83. The number of aromatic nitrogens is 2. The van der Waals surface area contributed by atoms with Crippen molar-refractivity contribution in [1.29, 1.82) is 0 Å². The van der Waals surface area contributed by atoms with Crippen molar-refractivity contribution in [3.63, 3.8) is 0 Å². The zero-order valence-corrected chi connectivity index (χ0v) is 9.49. The Morgan fingerprint density at radius 1 is 1.40 bits per heavy atom. The smallest absolute Gasteiger partial charge is 0.0971 e. The second-order valence-electron chi connectivity index (χ2n) is 4.14. The fraction of sp³-hybridized carbons (Fsp3) is 0.417. The molecule has 0 saturated carbocycles. The lowest BCUT2D eigenvalue weighted by atomic mass is 10.1. The van der Waals surface area contributed by atoms with Crippen molar-refractivity contribution < 1.29 is 0 Å². The second kappa shape index (κ2) is 3.66. The van der Waals surface area contributed by atoms with Gasteiger partial charge in [0.1, 0.15) is 0 Å². The maximum atomic E-state index is 5.70. The van der Waals surface area contributed by atoms with Crippen LogP contribution in [-0.2, 0) is 6.54 Å². The molecule has 0 atom stereocenters. The van der Waals surface area contributed by atoms with Crippen LogP contribution < -0.4 is 5.73 Å². The number of nitrogens with zero attached hydrogens (tertiary/aromatic N) is 2. The van der Waals surface area contributed by atoms with Gasteiger partial charge in [-0.15, -0.1) is 0 Å². The highest BCUT2D eigenvalue weighted by Crippen LogP contribution is 2.23. The normalized spacial score (nSPS) is 11.5. The van der Waals surface area contributed by atoms with Gasteiger partial charge in [-0.2, -0.15) is 5.10 Å². The average molecular weight is 203 g/mol. The van der Waals surface area contributed by atoms with Crippen LogP contribution in [-0.4, -0.2) is 9.78 Å². The van der Waals surface area contributed by atoms with E-state index in [0.717, 1.165) is 11.1 Å². The van der Waals surface area contributed by atoms with E-state index in [4.69, 9.17) is 5.73 Å². The molecule has 0 fully saturated rings. The molecule has 2 N–H and O–H groups in total. The highest BCUT2D eigenvalue weighted by Gasteiger charge is 2.11. The van der Waals surface area contributed by atoms with Crippen LogP contribution in [0.5, 0.6) is 0 Å². The Labute approximate surface area is 89.9 Å². The summed E-state index contributed by atoms with van der Waals surface area (Å²) in [5.74, 6) is 0. The van der Waals surface area contributed by atoms with Gasteiger partial charge in [0.05, 0.1) is 5.52 Å². The quantitative estimate of drug-likeness (QED) is 0.814. The van der Waals surface area contributed by atoms with Crippen LogP contribution in [0.2, 0.25) is 0 Å². The molecular formula is C12H17N3. The first-order valence-corrected chi connectivity index (χ1v) is 5.32. The molecule has 1 aromatic carbocycles. The third-order valence-corrected chi connectivity index (χ3v) is 2.77. The van der Waals surface area contributed by atoms with Crippen molar-refractivity contribution >= 4 is 10.9 Å². The maximum absolute atomic E-state index is 5.70. The maximum Gasteiger partial charge on any atom is 0.0971 e. The first-order valence-electron chi connectivity index (χ1n) is 5.32. The van der Waals surface area contributed by atoms with Crippen LogP contribution in [0.4, 0.5) is 0 Å². The van der Waals surface area contributed by atoms with Gasteiger partial charge in [-0.25, -0.2) is 0 Å². The minimum Gasteiger partial charge on any atom is -0.326 e. The van der Waals surface area contributed by atoms with E-state index in [0.29, 0.717) is 12.6 Å². The number of rotatable bonds is 2. The Bertz CT molecular complexity index is 483. The predicted molar refractivity (Wildman–Crippen MR) is 62.7 cm³/mol. The summed E-state index contributed by atoms with van der Waals surface area (Å²) < 4.78 is 2.06. The molecule has 0 aliphatic carbocycles. The van der Waals surface area contributed by atoms with Crippen LogP contribution >= 0.6 is 0 Å². The van der Waals surface area contributed by atoms with Crippen LogP contribution in [0.3, 0.4) is 0 Å². The largest absolute Gasteiger partial charge is 0.326 e. The molecule has 15 heavy (non-hydrogen) atoms. The average Bonchev–Trinajstić information content (AvgIpc) is 2.56. The van der Waals surface area contributed by atoms with Crippen LogP contribution in [0, 0.1) is 6.92 Å². The molecule has 0 amide bonds. The van der Waals surface area contributed by atoms with E-state index in [-0.39, 0.29) is 0 Å². The van der Waals surface area contributed by atoms with Crippen molar-refractivity contribution in [2.24, 2.45) is 5.73 Å². The van der Waals surface area contributed by atoms with Crippen molar-refractivity contribution in [2.45, 2.75) is 33.4 Å². The topological polar surface area (TPSA) is 43.8 Å². The van der Waals surface area contributed by atoms with E-state index in [9.17, 15) is 0 Å². The number of hydrogen-bond donors (Lipinski definition) is 1. The summed E-state index contributed by atoms with van der Waals surface area (Å²) in [6.45, 7) is 6.93. The summed E-state index contributed by atoms with van der Waals surface area (Å²) in [7, 11) is 0. The van der Waals surface area contributed by atoms with E-state index < -0.39 is 0 Å². The van der Waals surface area contributed by atoms with Gasteiger partial charge in [-0.05, 0) is 26.3 Å². The molecule has 0 radical (unpaired) electrons. The third kappa shape index (κ3) is 1.53. The number of fused-ring (bicyclic) bond motifs is 1. The predicted octanol–water partition coefficient (Wildman–Crippen LogP) is 2.38. The molecule has 0 spiro atoms. The fourth-order valence-corrected chi connectivity index (χ4v) is 1.98. The molecular weight excluding hydrogens is 186 g/mol. The first kappa shape index (κ1) is 10.2. The van der Waals surface area contributed by atoms with Crippen molar-refractivity contribution in [3.8, 4) is 0 Å².